The number of anilines is 1. The third-order valence-electron chi connectivity index (χ3n) is 3.72. The Kier molecular flexibility index (Phi) is 3.14. The molecular formula is C14H17N5O. The summed E-state index contributed by atoms with van der Waals surface area (Å²) in [5.41, 5.74) is 3.23. The van der Waals surface area contributed by atoms with Crippen molar-refractivity contribution in [3.8, 4) is 0 Å². The fourth-order valence-corrected chi connectivity index (χ4v) is 2.22. The van der Waals surface area contributed by atoms with Gasteiger partial charge in [-0.05, 0) is 37.1 Å². The molecule has 0 spiro atoms. The van der Waals surface area contributed by atoms with Gasteiger partial charge in [0, 0.05) is 25.0 Å². The minimum Gasteiger partial charge on any atom is -0.320 e. The Hall–Kier alpha value is -2.37. The first-order valence-corrected chi connectivity index (χ1v) is 6.62. The molecule has 1 fully saturated rings. The van der Waals surface area contributed by atoms with E-state index in [0.29, 0.717) is 13.1 Å². The lowest BCUT2D eigenvalue weighted by atomic mass is 10.1. The molecular weight excluding hydrogens is 254 g/mol. The molecule has 1 N–H and O–H groups in total. The minimum atomic E-state index is -0.0652. The normalized spacial score (nSPS) is 15.0. The topological polar surface area (TPSA) is 63.1 Å². The molecule has 0 atom stereocenters. The molecule has 3 rings (SSSR count). The number of aromatic nitrogens is 3. The number of urea groups is 1. The fourth-order valence-electron chi connectivity index (χ4n) is 2.22. The van der Waals surface area contributed by atoms with Gasteiger partial charge in [-0.2, -0.15) is 0 Å². The van der Waals surface area contributed by atoms with E-state index in [1.54, 1.807) is 15.8 Å². The molecule has 6 nitrogen and oxygen atoms in total. The van der Waals surface area contributed by atoms with Gasteiger partial charge in [0.05, 0.1) is 12.2 Å². The highest BCUT2D eigenvalue weighted by atomic mass is 16.2. The van der Waals surface area contributed by atoms with Crippen LogP contribution in [0.2, 0.25) is 0 Å². The Balaban J connectivity index is 1.57. The highest BCUT2D eigenvalue weighted by Gasteiger charge is 2.32. The van der Waals surface area contributed by atoms with Crippen LogP contribution in [-0.4, -0.2) is 39.0 Å². The van der Waals surface area contributed by atoms with Gasteiger partial charge in [-0.25, -0.2) is 9.48 Å². The van der Waals surface area contributed by atoms with E-state index in [-0.39, 0.29) is 12.1 Å². The van der Waals surface area contributed by atoms with Gasteiger partial charge in [-0.1, -0.05) is 11.3 Å². The molecule has 0 bridgehead atoms. The Labute approximate surface area is 117 Å². The Morgan fingerprint density at radius 1 is 1.30 bits per heavy atom. The van der Waals surface area contributed by atoms with Crippen molar-refractivity contribution in [2.24, 2.45) is 0 Å². The first-order chi connectivity index (χ1) is 9.63. The van der Waals surface area contributed by atoms with Gasteiger partial charge in [0.2, 0.25) is 0 Å². The average molecular weight is 271 g/mol. The van der Waals surface area contributed by atoms with E-state index >= 15 is 0 Å². The summed E-state index contributed by atoms with van der Waals surface area (Å²) in [4.78, 5) is 13.8. The number of benzene rings is 1. The van der Waals surface area contributed by atoms with E-state index in [1.807, 2.05) is 31.3 Å². The molecule has 2 aromatic rings. The number of nitrogens with one attached hydrogen (secondary N) is 1. The summed E-state index contributed by atoms with van der Waals surface area (Å²) in [7, 11) is 0. The third-order valence-corrected chi connectivity index (χ3v) is 3.72. The maximum Gasteiger partial charge on any atom is 0.321 e. The van der Waals surface area contributed by atoms with Crippen molar-refractivity contribution in [3.63, 3.8) is 0 Å². The lowest BCUT2D eigenvalue weighted by Gasteiger charge is -2.38. The summed E-state index contributed by atoms with van der Waals surface area (Å²) in [6, 6.07) is 6.10. The van der Waals surface area contributed by atoms with Gasteiger partial charge >= 0.3 is 6.03 Å². The fraction of sp³-hybridized carbons (Fsp3) is 0.357. The van der Waals surface area contributed by atoms with Gasteiger partial charge in [-0.3, -0.25) is 0 Å². The molecule has 0 unspecified atom stereocenters. The molecule has 1 aliphatic heterocycles. The summed E-state index contributed by atoms with van der Waals surface area (Å²) in [6.07, 6.45) is 3.47. The van der Waals surface area contributed by atoms with Gasteiger partial charge in [0.25, 0.3) is 0 Å². The molecule has 2 heterocycles. The van der Waals surface area contributed by atoms with Gasteiger partial charge < -0.3 is 10.2 Å². The van der Waals surface area contributed by atoms with Crippen LogP contribution in [0.3, 0.4) is 0 Å². The standard InChI is InChI=1S/C14H17N5O/c1-10-3-4-12(7-11(10)2)16-14(20)18-8-13(9-18)19-6-5-15-17-19/h3-7,13H,8-9H2,1-2H3,(H,16,20). The first-order valence-electron chi connectivity index (χ1n) is 6.62. The quantitative estimate of drug-likeness (QED) is 0.908. The molecule has 1 aromatic heterocycles. The number of carbonyl (C=O) groups excluding carboxylic acids is 1. The lowest BCUT2D eigenvalue weighted by Crippen LogP contribution is -2.52. The monoisotopic (exact) mass is 271 g/mol. The zero-order chi connectivity index (χ0) is 14.1. The number of carbonyl (C=O) groups is 1. The Morgan fingerprint density at radius 2 is 2.10 bits per heavy atom. The second kappa shape index (κ2) is 4.96. The van der Waals surface area contributed by atoms with Crippen molar-refractivity contribution < 1.29 is 4.79 Å². The zero-order valence-corrected chi connectivity index (χ0v) is 11.6. The molecule has 104 valence electrons. The van der Waals surface area contributed by atoms with Crippen LogP contribution in [0.25, 0.3) is 0 Å². The Bertz CT molecular complexity index is 616. The van der Waals surface area contributed by atoms with Crippen LogP contribution in [0.5, 0.6) is 0 Å². The highest BCUT2D eigenvalue weighted by molar-refractivity contribution is 5.90. The summed E-state index contributed by atoms with van der Waals surface area (Å²) >= 11 is 0. The molecule has 0 saturated carbocycles. The van der Waals surface area contributed by atoms with Crippen molar-refractivity contribution in [3.05, 3.63) is 41.7 Å². The van der Waals surface area contributed by atoms with E-state index < -0.39 is 0 Å². The zero-order valence-electron chi connectivity index (χ0n) is 11.6. The number of likely N-dealkylation sites (tertiary alicyclic amines) is 1. The molecule has 1 aromatic carbocycles. The van der Waals surface area contributed by atoms with E-state index in [9.17, 15) is 4.79 Å². The maximum atomic E-state index is 12.1. The first kappa shape index (κ1) is 12.7. The highest BCUT2D eigenvalue weighted by Crippen LogP contribution is 2.21. The van der Waals surface area contributed by atoms with Crippen LogP contribution < -0.4 is 5.32 Å². The largest absolute Gasteiger partial charge is 0.321 e. The molecule has 6 heteroatoms. The van der Waals surface area contributed by atoms with Crippen molar-refractivity contribution in [1.29, 1.82) is 0 Å². The summed E-state index contributed by atoms with van der Waals surface area (Å²) in [5.74, 6) is 0. The number of nitrogens with zero attached hydrogens (tertiary/aromatic N) is 4. The minimum absolute atomic E-state index is 0.0652. The third kappa shape index (κ3) is 2.36. The van der Waals surface area contributed by atoms with Gasteiger partial charge in [0.1, 0.15) is 0 Å². The number of rotatable bonds is 2. The van der Waals surface area contributed by atoms with Crippen molar-refractivity contribution in [2.45, 2.75) is 19.9 Å². The summed E-state index contributed by atoms with van der Waals surface area (Å²) < 4.78 is 1.79. The molecule has 0 radical (unpaired) electrons. The van der Waals surface area contributed by atoms with Gasteiger partial charge in [0.15, 0.2) is 0 Å². The maximum absolute atomic E-state index is 12.1. The van der Waals surface area contributed by atoms with E-state index in [4.69, 9.17) is 0 Å². The van der Waals surface area contributed by atoms with E-state index in [0.717, 1.165) is 5.69 Å². The van der Waals surface area contributed by atoms with Gasteiger partial charge in [-0.15, -0.1) is 5.10 Å². The number of amides is 2. The van der Waals surface area contributed by atoms with Crippen LogP contribution in [0.4, 0.5) is 10.5 Å². The molecule has 2 amide bonds. The van der Waals surface area contributed by atoms with Crippen molar-refractivity contribution >= 4 is 11.7 Å². The van der Waals surface area contributed by atoms with Crippen molar-refractivity contribution in [1.82, 2.24) is 19.9 Å². The number of aryl methyl sites for hydroxylation is 2. The van der Waals surface area contributed by atoms with Crippen LogP contribution in [0, 0.1) is 13.8 Å². The SMILES string of the molecule is Cc1ccc(NC(=O)N2CC(n3ccnn3)C2)cc1C. The van der Waals surface area contributed by atoms with Crippen LogP contribution in [0.15, 0.2) is 30.6 Å². The predicted molar refractivity (Wildman–Crippen MR) is 75.6 cm³/mol. The van der Waals surface area contributed by atoms with Crippen LogP contribution in [-0.2, 0) is 0 Å². The molecule has 1 aliphatic rings. The average Bonchev–Trinajstić information content (AvgIpc) is 2.86. The molecule has 20 heavy (non-hydrogen) atoms. The van der Waals surface area contributed by atoms with Crippen LogP contribution in [0.1, 0.15) is 17.2 Å². The second-order valence-corrected chi connectivity index (χ2v) is 5.17. The number of hydrogen-bond donors (Lipinski definition) is 1. The van der Waals surface area contributed by atoms with Crippen molar-refractivity contribution in [2.75, 3.05) is 18.4 Å². The van der Waals surface area contributed by atoms with Crippen LogP contribution >= 0.6 is 0 Å². The van der Waals surface area contributed by atoms with E-state index in [1.165, 1.54) is 11.1 Å². The predicted octanol–water partition coefficient (Wildman–Crippen LogP) is 1.98. The summed E-state index contributed by atoms with van der Waals surface area (Å²) in [5, 5.41) is 10.6. The summed E-state index contributed by atoms with van der Waals surface area (Å²) in [6.45, 7) is 5.43. The number of hydrogen-bond acceptors (Lipinski definition) is 3. The second-order valence-electron chi connectivity index (χ2n) is 5.17. The lowest BCUT2D eigenvalue weighted by molar-refractivity contribution is 0.127. The Morgan fingerprint density at radius 3 is 2.75 bits per heavy atom. The van der Waals surface area contributed by atoms with E-state index in [2.05, 4.69) is 22.6 Å². The smallest absolute Gasteiger partial charge is 0.320 e. The molecule has 1 saturated heterocycles. The molecule has 0 aliphatic carbocycles.